The molecule has 1 saturated carbocycles. The van der Waals surface area contributed by atoms with Gasteiger partial charge in [0.05, 0.1) is 5.41 Å². The van der Waals surface area contributed by atoms with Crippen LogP contribution in [0.4, 0.5) is 0 Å². The van der Waals surface area contributed by atoms with Crippen molar-refractivity contribution < 1.29 is 9.90 Å². The van der Waals surface area contributed by atoms with Gasteiger partial charge in [0.1, 0.15) is 0 Å². The SMILES string of the molecule is CC(C)(C)[C@@]1(C(=O)O)CCCC[C@@H]1c1ccc(CBr)cc1. The molecule has 0 bridgehead atoms. The highest BCUT2D eigenvalue weighted by Crippen LogP contribution is 2.57. The zero-order valence-corrected chi connectivity index (χ0v) is 14.7. The summed E-state index contributed by atoms with van der Waals surface area (Å²) in [7, 11) is 0. The summed E-state index contributed by atoms with van der Waals surface area (Å²) in [4.78, 5) is 12.2. The molecule has 0 spiro atoms. The van der Waals surface area contributed by atoms with Crippen LogP contribution in [0.15, 0.2) is 24.3 Å². The van der Waals surface area contributed by atoms with Crippen molar-refractivity contribution in [2.24, 2.45) is 10.8 Å². The van der Waals surface area contributed by atoms with Crippen LogP contribution in [-0.4, -0.2) is 11.1 Å². The molecule has 1 N–H and O–H groups in total. The number of hydrogen-bond acceptors (Lipinski definition) is 1. The van der Waals surface area contributed by atoms with Gasteiger partial charge in [0.15, 0.2) is 0 Å². The van der Waals surface area contributed by atoms with Crippen LogP contribution < -0.4 is 0 Å². The molecule has 0 heterocycles. The second-order valence-corrected chi connectivity index (χ2v) is 7.76. The molecule has 21 heavy (non-hydrogen) atoms. The molecule has 1 aromatic carbocycles. The van der Waals surface area contributed by atoms with Crippen LogP contribution in [-0.2, 0) is 10.1 Å². The first kappa shape index (κ1) is 16.5. The van der Waals surface area contributed by atoms with Gasteiger partial charge in [-0.25, -0.2) is 0 Å². The van der Waals surface area contributed by atoms with E-state index in [1.165, 1.54) is 11.1 Å². The van der Waals surface area contributed by atoms with Gasteiger partial charge in [0.25, 0.3) is 0 Å². The molecule has 2 atom stereocenters. The largest absolute Gasteiger partial charge is 0.481 e. The van der Waals surface area contributed by atoms with Crippen molar-refractivity contribution in [1.82, 2.24) is 0 Å². The van der Waals surface area contributed by atoms with Crippen LogP contribution in [0.2, 0.25) is 0 Å². The molecule has 0 aliphatic heterocycles. The summed E-state index contributed by atoms with van der Waals surface area (Å²) in [6, 6.07) is 8.45. The van der Waals surface area contributed by atoms with Crippen molar-refractivity contribution in [3.63, 3.8) is 0 Å². The van der Waals surface area contributed by atoms with Crippen LogP contribution in [0.5, 0.6) is 0 Å². The number of alkyl halides is 1. The fourth-order valence-corrected chi connectivity index (χ4v) is 4.31. The number of hydrogen-bond donors (Lipinski definition) is 1. The minimum atomic E-state index is -0.666. The Kier molecular flexibility index (Phi) is 4.82. The highest BCUT2D eigenvalue weighted by Gasteiger charge is 2.55. The number of aliphatic carboxylic acids is 1. The third kappa shape index (κ3) is 2.90. The smallest absolute Gasteiger partial charge is 0.310 e. The average Bonchev–Trinajstić information content (AvgIpc) is 2.46. The lowest BCUT2D eigenvalue weighted by Crippen LogP contribution is -2.49. The Morgan fingerprint density at radius 2 is 1.90 bits per heavy atom. The number of carbonyl (C=O) groups is 1. The fraction of sp³-hybridized carbons (Fsp3) is 0.611. The van der Waals surface area contributed by atoms with Gasteiger partial charge < -0.3 is 5.11 Å². The Labute approximate surface area is 136 Å². The van der Waals surface area contributed by atoms with Gasteiger partial charge in [-0.1, -0.05) is 73.8 Å². The highest BCUT2D eigenvalue weighted by atomic mass is 79.9. The van der Waals surface area contributed by atoms with Gasteiger partial charge in [-0.3, -0.25) is 4.79 Å². The van der Waals surface area contributed by atoms with Crippen molar-refractivity contribution in [2.75, 3.05) is 0 Å². The maximum absolute atomic E-state index is 12.2. The van der Waals surface area contributed by atoms with Gasteiger partial charge in [-0.2, -0.15) is 0 Å². The van der Waals surface area contributed by atoms with E-state index in [0.29, 0.717) is 0 Å². The monoisotopic (exact) mass is 352 g/mol. The summed E-state index contributed by atoms with van der Waals surface area (Å²) in [5, 5.41) is 10.9. The van der Waals surface area contributed by atoms with Gasteiger partial charge >= 0.3 is 5.97 Å². The second kappa shape index (κ2) is 6.12. The lowest BCUT2D eigenvalue weighted by molar-refractivity contribution is -0.162. The van der Waals surface area contributed by atoms with Crippen LogP contribution in [0, 0.1) is 10.8 Å². The average molecular weight is 353 g/mol. The summed E-state index contributed by atoms with van der Waals surface area (Å²) < 4.78 is 0. The summed E-state index contributed by atoms with van der Waals surface area (Å²) >= 11 is 3.46. The molecule has 1 aliphatic rings. The maximum atomic E-state index is 12.2. The fourth-order valence-electron chi connectivity index (χ4n) is 3.94. The summed E-state index contributed by atoms with van der Waals surface area (Å²) in [5.41, 5.74) is 1.49. The number of carboxylic acids is 1. The molecule has 0 radical (unpaired) electrons. The van der Waals surface area contributed by atoms with E-state index in [9.17, 15) is 9.90 Å². The lowest BCUT2D eigenvalue weighted by atomic mass is 9.53. The standard InChI is InChI=1S/C18H25BrO2/c1-17(2,3)18(16(20)21)11-5-4-6-15(18)14-9-7-13(12-19)8-10-14/h7-10,15H,4-6,11-12H2,1-3H3,(H,20,21)/t15-,18+/m1/s1. The molecule has 1 fully saturated rings. The zero-order chi connectivity index (χ0) is 15.7. The van der Waals surface area contributed by atoms with Crippen LogP contribution in [0.1, 0.15) is 63.5 Å². The first-order valence-corrected chi connectivity index (χ1v) is 8.83. The maximum Gasteiger partial charge on any atom is 0.310 e. The predicted molar refractivity (Wildman–Crippen MR) is 89.8 cm³/mol. The molecule has 116 valence electrons. The van der Waals surface area contributed by atoms with Crippen molar-refractivity contribution >= 4 is 21.9 Å². The topological polar surface area (TPSA) is 37.3 Å². The van der Waals surface area contributed by atoms with E-state index >= 15 is 0 Å². The first-order chi connectivity index (χ1) is 9.83. The third-order valence-electron chi connectivity index (χ3n) is 5.17. The van der Waals surface area contributed by atoms with Crippen molar-refractivity contribution in [3.8, 4) is 0 Å². The molecule has 0 unspecified atom stereocenters. The predicted octanol–water partition coefficient (Wildman–Crippen LogP) is 5.36. The third-order valence-corrected chi connectivity index (χ3v) is 5.81. The number of rotatable bonds is 3. The highest BCUT2D eigenvalue weighted by molar-refractivity contribution is 9.08. The number of halogens is 1. The van der Waals surface area contributed by atoms with E-state index in [1.54, 1.807) is 0 Å². The van der Waals surface area contributed by atoms with Gasteiger partial charge in [0.2, 0.25) is 0 Å². The van der Waals surface area contributed by atoms with Crippen molar-refractivity contribution in [3.05, 3.63) is 35.4 Å². The normalized spacial score (nSPS) is 26.6. The Bertz CT molecular complexity index is 501. The van der Waals surface area contributed by atoms with Crippen LogP contribution in [0.3, 0.4) is 0 Å². The van der Waals surface area contributed by atoms with Crippen molar-refractivity contribution in [1.29, 1.82) is 0 Å². The van der Waals surface area contributed by atoms with Gasteiger partial charge in [-0.15, -0.1) is 0 Å². The quantitative estimate of drug-likeness (QED) is 0.743. The molecule has 1 aliphatic carbocycles. The van der Waals surface area contributed by atoms with E-state index < -0.39 is 11.4 Å². The summed E-state index contributed by atoms with van der Waals surface area (Å²) in [6.07, 6.45) is 3.88. The molecule has 3 heteroatoms. The molecule has 2 nitrogen and oxygen atoms in total. The number of carboxylic acid groups (broad SMARTS) is 1. The molecule has 0 aromatic heterocycles. The molecule has 0 saturated heterocycles. The summed E-state index contributed by atoms with van der Waals surface area (Å²) in [6.45, 7) is 6.23. The minimum Gasteiger partial charge on any atom is -0.481 e. The zero-order valence-electron chi connectivity index (χ0n) is 13.2. The van der Waals surface area contributed by atoms with E-state index in [2.05, 4.69) is 61.0 Å². The summed E-state index contributed by atoms with van der Waals surface area (Å²) in [5.74, 6) is -0.530. The van der Waals surface area contributed by atoms with Crippen molar-refractivity contribution in [2.45, 2.75) is 57.7 Å². The van der Waals surface area contributed by atoms with Crippen LogP contribution in [0.25, 0.3) is 0 Å². The Morgan fingerprint density at radius 1 is 1.29 bits per heavy atom. The van der Waals surface area contributed by atoms with E-state index in [0.717, 1.165) is 31.0 Å². The Hall–Kier alpha value is -0.830. The molecule has 2 rings (SSSR count). The van der Waals surface area contributed by atoms with Gasteiger partial charge in [0, 0.05) is 11.2 Å². The first-order valence-electron chi connectivity index (χ1n) is 7.71. The van der Waals surface area contributed by atoms with E-state index in [4.69, 9.17) is 0 Å². The minimum absolute atomic E-state index is 0.105. The van der Waals surface area contributed by atoms with E-state index in [-0.39, 0.29) is 11.3 Å². The second-order valence-electron chi connectivity index (χ2n) is 7.20. The van der Waals surface area contributed by atoms with E-state index in [1.807, 2.05) is 0 Å². The molecular weight excluding hydrogens is 328 g/mol. The van der Waals surface area contributed by atoms with Gasteiger partial charge in [-0.05, 0) is 29.4 Å². The molecule has 0 amide bonds. The number of benzene rings is 1. The molecule has 1 aromatic rings. The Morgan fingerprint density at radius 3 is 2.38 bits per heavy atom. The van der Waals surface area contributed by atoms with Crippen LogP contribution >= 0.6 is 15.9 Å². The Balaban J connectivity index is 2.48. The lowest BCUT2D eigenvalue weighted by Gasteiger charge is -2.49. The molecular formula is C18H25BrO2.